The second kappa shape index (κ2) is 12.9. The molecule has 5 N–H and O–H groups in total. The zero-order valence-electron chi connectivity index (χ0n) is 20.0. The number of carbonyl (C=O) groups excluding carboxylic acids is 2. The minimum absolute atomic E-state index is 0.0275. The Morgan fingerprint density at radius 3 is 2.39 bits per heavy atom. The molecule has 0 saturated heterocycles. The van der Waals surface area contributed by atoms with Crippen molar-refractivity contribution in [2.75, 3.05) is 42.8 Å². The molecular weight excluding hydrogens is 464 g/mol. The number of aromatic amines is 1. The largest absolute Gasteiger partial charge is 0.385 e. The van der Waals surface area contributed by atoms with Crippen LogP contribution in [0, 0.1) is 0 Å². The number of rotatable bonds is 11. The summed E-state index contributed by atoms with van der Waals surface area (Å²) in [7, 11) is 1.53. The van der Waals surface area contributed by atoms with Gasteiger partial charge in [0.05, 0.1) is 6.54 Å². The summed E-state index contributed by atoms with van der Waals surface area (Å²) in [6.07, 6.45) is 0.340. The van der Waals surface area contributed by atoms with Crippen molar-refractivity contribution in [2.45, 2.75) is 19.4 Å². The number of nitrogen functional groups attached to an aromatic ring is 1. The first-order valence-corrected chi connectivity index (χ1v) is 11.5. The van der Waals surface area contributed by atoms with E-state index in [4.69, 9.17) is 10.5 Å². The molecule has 0 atom stereocenters. The summed E-state index contributed by atoms with van der Waals surface area (Å²) < 4.78 is 6.30. The van der Waals surface area contributed by atoms with Crippen LogP contribution in [0.2, 0.25) is 0 Å². The highest BCUT2D eigenvalue weighted by Crippen LogP contribution is 2.19. The fourth-order valence-corrected chi connectivity index (χ4v) is 3.60. The van der Waals surface area contributed by atoms with E-state index in [2.05, 4.69) is 15.6 Å². The number of ether oxygens (including phenoxy) is 1. The third kappa shape index (κ3) is 7.06. The number of nitrogens with two attached hydrogens (primary N) is 1. The van der Waals surface area contributed by atoms with E-state index in [1.807, 2.05) is 36.4 Å². The lowest BCUT2D eigenvalue weighted by molar-refractivity contribution is -0.118. The van der Waals surface area contributed by atoms with E-state index < -0.39 is 23.2 Å². The molecule has 3 amide bonds. The number of para-hydroxylation sites is 1. The first kappa shape index (κ1) is 26.2. The summed E-state index contributed by atoms with van der Waals surface area (Å²) in [4.78, 5) is 54.1. The molecule has 0 saturated carbocycles. The van der Waals surface area contributed by atoms with Crippen LogP contribution < -0.4 is 32.5 Å². The highest BCUT2D eigenvalue weighted by atomic mass is 16.5. The van der Waals surface area contributed by atoms with Crippen LogP contribution in [0.15, 0.2) is 70.3 Å². The van der Waals surface area contributed by atoms with Crippen molar-refractivity contribution in [1.82, 2.24) is 14.9 Å². The van der Waals surface area contributed by atoms with Gasteiger partial charge < -0.3 is 26.0 Å². The highest BCUT2D eigenvalue weighted by Gasteiger charge is 2.24. The first-order valence-electron chi connectivity index (χ1n) is 11.5. The van der Waals surface area contributed by atoms with Gasteiger partial charge in [0.25, 0.3) is 5.56 Å². The lowest BCUT2D eigenvalue weighted by Crippen LogP contribution is -2.43. The summed E-state index contributed by atoms with van der Waals surface area (Å²) in [5.74, 6) is -0.554. The van der Waals surface area contributed by atoms with Gasteiger partial charge in [0.2, 0.25) is 5.91 Å². The highest BCUT2D eigenvalue weighted by molar-refractivity contribution is 5.96. The molecule has 0 unspecified atom stereocenters. The number of carbonyl (C=O) groups is 2. The van der Waals surface area contributed by atoms with Crippen LogP contribution >= 0.6 is 0 Å². The molecule has 11 nitrogen and oxygen atoms in total. The third-order valence-corrected chi connectivity index (χ3v) is 5.35. The monoisotopic (exact) mass is 494 g/mol. The van der Waals surface area contributed by atoms with E-state index in [0.717, 1.165) is 5.56 Å². The normalized spacial score (nSPS) is 10.6. The van der Waals surface area contributed by atoms with E-state index in [0.29, 0.717) is 18.7 Å². The molecule has 0 fully saturated rings. The number of benzene rings is 2. The summed E-state index contributed by atoms with van der Waals surface area (Å²) in [6, 6.07) is 17.6. The number of H-pyrrole nitrogens is 1. The molecule has 0 radical (unpaired) electrons. The van der Waals surface area contributed by atoms with Crippen LogP contribution in [0.3, 0.4) is 0 Å². The Balaban J connectivity index is 1.78. The summed E-state index contributed by atoms with van der Waals surface area (Å²) in [5, 5.41) is 5.29. The Hall–Kier alpha value is -4.38. The molecule has 190 valence electrons. The number of methoxy groups -OCH3 is 1. The fourth-order valence-electron chi connectivity index (χ4n) is 3.60. The molecule has 0 spiro atoms. The number of hydrogen-bond acceptors (Lipinski definition) is 6. The Labute approximate surface area is 207 Å². The Bertz CT molecular complexity index is 1270. The maximum absolute atomic E-state index is 13.2. The minimum Gasteiger partial charge on any atom is -0.385 e. The number of urea groups is 1. The zero-order valence-corrected chi connectivity index (χ0v) is 20.0. The molecule has 11 heteroatoms. The maximum atomic E-state index is 13.2. The first-order chi connectivity index (χ1) is 17.4. The molecule has 1 heterocycles. The number of nitrogens with one attached hydrogen (secondary N) is 3. The molecule has 0 aliphatic carbocycles. The Morgan fingerprint density at radius 1 is 1.06 bits per heavy atom. The third-order valence-electron chi connectivity index (χ3n) is 5.35. The zero-order chi connectivity index (χ0) is 25.9. The van der Waals surface area contributed by atoms with Crippen molar-refractivity contribution in [2.24, 2.45) is 0 Å². The van der Waals surface area contributed by atoms with E-state index in [1.54, 1.807) is 24.3 Å². The number of nitrogens with zero attached hydrogens (tertiary/aromatic N) is 2. The smallest absolute Gasteiger partial charge is 0.330 e. The van der Waals surface area contributed by atoms with Crippen LogP contribution in [0.4, 0.5) is 22.0 Å². The van der Waals surface area contributed by atoms with Gasteiger partial charge in [0.15, 0.2) is 5.69 Å². The second-order valence-electron chi connectivity index (χ2n) is 7.95. The van der Waals surface area contributed by atoms with E-state index in [9.17, 15) is 19.2 Å². The van der Waals surface area contributed by atoms with Gasteiger partial charge in [-0.15, -0.1) is 0 Å². The standard InChI is InChI=1S/C25H30N6O5/c1-36-16-8-15-30(20(32)13-14-27-24(34)28-19-11-6-3-7-12-19)21-22(26)31(25(35)29-23(21)33)17-18-9-4-2-5-10-18/h2-7,9-12H,8,13-17,26H2,1H3,(H2,27,28,34)(H,29,33,35). The number of anilines is 3. The van der Waals surface area contributed by atoms with E-state index in [1.165, 1.54) is 16.6 Å². The lowest BCUT2D eigenvalue weighted by atomic mass is 10.2. The maximum Gasteiger partial charge on any atom is 0.330 e. The molecule has 2 aromatic carbocycles. The minimum atomic E-state index is -0.762. The van der Waals surface area contributed by atoms with Crippen LogP contribution in [-0.2, 0) is 16.1 Å². The average Bonchev–Trinajstić information content (AvgIpc) is 2.86. The quantitative estimate of drug-likeness (QED) is 0.298. The Kier molecular flexibility index (Phi) is 9.40. The topological polar surface area (TPSA) is 152 Å². The molecular formula is C25H30N6O5. The van der Waals surface area contributed by atoms with Gasteiger partial charge in [-0.05, 0) is 24.1 Å². The molecule has 0 aliphatic heterocycles. The summed E-state index contributed by atoms with van der Waals surface area (Å²) in [6.45, 7) is 0.638. The van der Waals surface area contributed by atoms with E-state index >= 15 is 0 Å². The fraction of sp³-hybridized carbons (Fsp3) is 0.280. The number of hydrogen-bond donors (Lipinski definition) is 4. The predicted octanol–water partition coefficient (Wildman–Crippen LogP) is 1.75. The number of aromatic nitrogens is 2. The molecule has 1 aromatic heterocycles. The van der Waals surface area contributed by atoms with Crippen molar-refractivity contribution in [3.05, 3.63) is 87.1 Å². The second-order valence-corrected chi connectivity index (χ2v) is 7.95. The molecule has 36 heavy (non-hydrogen) atoms. The van der Waals surface area contributed by atoms with Crippen molar-refractivity contribution in [3.8, 4) is 0 Å². The summed E-state index contributed by atoms with van der Waals surface area (Å²) in [5.41, 5.74) is 6.15. The summed E-state index contributed by atoms with van der Waals surface area (Å²) >= 11 is 0. The van der Waals surface area contributed by atoms with Gasteiger partial charge in [-0.3, -0.25) is 19.1 Å². The molecule has 3 rings (SSSR count). The number of amides is 3. The Morgan fingerprint density at radius 2 is 1.72 bits per heavy atom. The van der Waals surface area contributed by atoms with Crippen molar-refractivity contribution in [1.29, 1.82) is 0 Å². The van der Waals surface area contributed by atoms with Crippen LogP contribution in [0.1, 0.15) is 18.4 Å². The van der Waals surface area contributed by atoms with Crippen molar-refractivity contribution >= 4 is 29.1 Å². The molecule has 0 bridgehead atoms. The average molecular weight is 495 g/mol. The van der Waals surface area contributed by atoms with Crippen LogP contribution in [-0.4, -0.2) is 48.3 Å². The molecule has 0 aliphatic rings. The van der Waals surface area contributed by atoms with Gasteiger partial charge in [-0.1, -0.05) is 48.5 Å². The van der Waals surface area contributed by atoms with Gasteiger partial charge in [-0.2, -0.15) is 0 Å². The van der Waals surface area contributed by atoms with Gasteiger partial charge >= 0.3 is 11.7 Å². The van der Waals surface area contributed by atoms with Crippen molar-refractivity contribution in [3.63, 3.8) is 0 Å². The van der Waals surface area contributed by atoms with Crippen LogP contribution in [0.25, 0.3) is 0 Å². The van der Waals surface area contributed by atoms with E-state index in [-0.39, 0.29) is 37.6 Å². The van der Waals surface area contributed by atoms with Crippen LogP contribution in [0.5, 0.6) is 0 Å². The molecule has 3 aromatic rings. The predicted molar refractivity (Wildman–Crippen MR) is 138 cm³/mol. The van der Waals surface area contributed by atoms with Gasteiger partial charge in [-0.25, -0.2) is 9.59 Å². The SMILES string of the molecule is COCCCN(C(=O)CCNC(=O)Nc1ccccc1)c1c(N)n(Cc2ccccc2)c(=O)[nH]c1=O. The lowest BCUT2D eigenvalue weighted by Gasteiger charge is -2.24. The van der Waals surface area contributed by atoms with Crippen molar-refractivity contribution < 1.29 is 14.3 Å². The van der Waals surface area contributed by atoms with Gasteiger partial charge in [0.1, 0.15) is 5.82 Å². The van der Waals surface area contributed by atoms with Gasteiger partial charge in [0, 0.05) is 38.9 Å².